The summed E-state index contributed by atoms with van der Waals surface area (Å²) in [5.74, 6) is -1.88. The van der Waals surface area contributed by atoms with Gasteiger partial charge in [0, 0.05) is 0 Å². The first kappa shape index (κ1) is 14.8. The van der Waals surface area contributed by atoms with Gasteiger partial charge in [-0.3, -0.25) is 0 Å². The van der Waals surface area contributed by atoms with Crippen molar-refractivity contribution in [1.82, 2.24) is 0 Å². The smallest absolute Gasteiger partial charge is 0.159 e. The van der Waals surface area contributed by atoms with Crippen LogP contribution in [-0.4, -0.2) is 11.7 Å². The number of aliphatic hydroxyl groups is 1. The highest BCUT2D eigenvalue weighted by molar-refractivity contribution is 6.33. The summed E-state index contributed by atoms with van der Waals surface area (Å²) in [4.78, 5) is 0. The highest BCUT2D eigenvalue weighted by Crippen LogP contribution is 2.30. The van der Waals surface area contributed by atoms with Crippen molar-refractivity contribution in [2.75, 3.05) is 11.9 Å². The number of aliphatic hydroxyl groups excluding tert-OH is 1. The van der Waals surface area contributed by atoms with Crippen molar-refractivity contribution in [3.8, 4) is 0 Å². The zero-order chi connectivity index (χ0) is 14.8. The quantitative estimate of drug-likeness (QED) is 0.896. The summed E-state index contributed by atoms with van der Waals surface area (Å²) in [5.41, 5.74) is 0.0637. The van der Waals surface area contributed by atoms with Crippen molar-refractivity contribution in [2.24, 2.45) is 0 Å². The van der Waals surface area contributed by atoms with Crippen LogP contribution in [0.1, 0.15) is 12.5 Å². The van der Waals surface area contributed by atoms with Gasteiger partial charge in [-0.15, -0.1) is 0 Å². The lowest BCUT2D eigenvalue weighted by molar-refractivity contribution is 0.223. The van der Waals surface area contributed by atoms with Crippen molar-refractivity contribution in [2.45, 2.75) is 12.5 Å². The van der Waals surface area contributed by atoms with Gasteiger partial charge in [0.1, 0.15) is 0 Å². The van der Waals surface area contributed by atoms with E-state index in [0.29, 0.717) is 16.3 Å². The third-order valence-corrected chi connectivity index (χ3v) is 3.49. The summed E-state index contributed by atoms with van der Waals surface area (Å²) >= 11 is 6.05. The van der Waals surface area contributed by atoms with Crippen LogP contribution in [0.3, 0.4) is 0 Å². The Morgan fingerprint density at radius 2 is 1.85 bits per heavy atom. The fraction of sp³-hybridized carbons (Fsp3) is 0.200. The lowest BCUT2D eigenvalue weighted by Gasteiger charge is -2.31. The summed E-state index contributed by atoms with van der Waals surface area (Å²) in [7, 11) is 0. The monoisotopic (exact) mass is 297 g/mol. The predicted octanol–water partition coefficient (Wildman–Crippen LogP) is 3.94. The largest absolute Gasteiger partial charge is 0.394 e. The van der Waals surface area contributed by atoms with E-state index in [2.05, 4.69) is 5.32 Å². The summed E-state index contributed by atoms with van der Waals surface area (Å²) < 4.78 is 26.4. The minimum atomic E-state index is -0.973. The van der Waals surface area contributed by atoms with Gasteiger partial charge in [0.25, 0.3) is 0 Å². The number of para-hydroxylation sites is 1. The Morgan fingerprint density at radius 3 is 2.45 bits per heavy atom. The van der Waals surface area contributed by atoms with E-state index in [4.69, 9.17) is 11.6 Å². The number of hydrogen-bond acceptors (Lipinski definition) is 2. The van der Waals surface area contributed by atoms with Gasteiger partial charge in [0.05, 0.1) is 22.9 Å². The molecule has 0 aliphatic heterocycles. The molecule has 0 aromatic heterocycles. The van der Waals surface area contributed by atoms with Crippen molar-refractivity contribution in [1.29, 1.82) is 0 Å². The molecule has 2 aromatic rings. The van der Waals surface area contributed by atoms with Gasteiger partial charge in [-0.05, 0) is 36.8 Å². The topological polar surface area (TPSA) is 32.3 Å². The van der Waals surface area contributed by atoms with E-state index < -0.39 is 17.2 Å². The minimum absolute atomic E-state index is 0.302. The highest BCUT2D eigenvalue weighted by atomic mass is 35.5. The molecule has 0 radical (unpaired) electrons. The molecule has 5 heteroatoms. The zero-order valence-electron chi connectivity index (χ0n) is 10.8. The molecule has 0 heterocycles. The Labute approximate surface area is 121 Å². The summed E-state index contributed by atoms with van der Waals surface area (Å²) in [5, 5.41) is 13.2. The molecule has 0 bridgehead atoms. The Hall–Kier alpha value is -1.65. The van der Waals surface area contributed by atoms with Gasteiger partial charge >= 0.3 is 0 Å². The van der Waals surface area contributed by atoms with Crippen molar-refractivity contribution >= 4 is 17.3 Å². The maximum Gasteiger partial charge on any atom is 0.159 e. The maximum atomic E-state index is 13.4. The standard InChI is InChI=1S/C15H14ClF2NO/c1-15(9-20,10-6-7-12(17)13(18)8-10)19-14-5-3-2-4-11(14)16/h2-8,19-20H,9H2,1H3. The molecule has 2 nitrogen and oxygen atoms in total. The van der Waals surface area contributed by atoms with E-state index in [1.165, 1.54) is 6.07 Å². The van der Waals surface area contributed by atoms with E-state index in [0.717, 1.165) is 12.1 Å². The molecule has 0 amide bonds. The van der Waals surface area contributed by atoms with E-state index in [9.17, 15) is 13.9 Å². The van der Waals surface area contributed by atoms with Crippen LogP contribution in [0.25, 0.3) is 0 Å². The molecule has 1 unspecified atom stereocenters. The van der Waals surface area contributed by atoms with Crippen LogP contribution in [0.4, 0.5) is 14.5 Å². The summed E-state index contributed by atoms with van der Waals surface area (Å²) in [6.07, 6.45) is 0. The fourth-order valence-corrected chi connectivity index (χ4v) is 2.09. The Bertz CT molecular complexity index is 621. The van der Waals surface area contributed by atoms with Gasteiger partial charge in [0.2, 0.25) is 0 Å². The third-order valence-electron chi connectivity index (χ3n) is 3.16. The van der Waals surface area contributed by atoms with Gasteiger partial charge in [-0.25, -0.2) is 8.78 Å². The van der Waals surface area contributed by atoms with Crippen molar-refractivity contribution < 1.29 is 13.9 Å². The number of hydrogen-bond donors (Lipinski definition) is 2. The van der Waals surface area contributed by atoms with Crippen LogP contribution < -0.4 is 5.32 Å². The maximum absolute atomic E-state index is 13.4. The first-order valence-electron chi connectivity index (χ1n) is 6.05. The van der Waals surface area contributed by atoms with Crippen LogP contribution in [0.2, 0.25) is 5.02 Å². The predicted molar refractivity (Wildman–Crippen MR) is 75.9 cm³/mol. The molecule has 2 rings (SSSR count). The van der Waals surface area contributed by atoms with E-state index in [1.807, 2.05) is 0 Å². The zero-order valence-corrected chi connectivity index (χ0v) is 11.6. The number of anilines is 1. The fourth-order valence-electron chi connectivity index (χ4n) is 1.90. The molecule has 0 aliphatic rings. The highest BCUT2D eigenvalue weighted by Gasteiger charge is 2.27. The number of benzene rings is 2. The number of rotatable bonds is 4. The molecular weight excluding hydrogens is 284 g/mol. The number of halogens is 3. The normalized spacial score (nSPS) is 13.8. The van der Waals surface area contributed by atoms with Crippen LogP contribution in [0.15, 0.2) is 42.5 Å². The van der Waals surface area contributed by atoms with Gasteiger partial charge in [-0.2, -0.15) is 0 Å². The second-order valence-electron chi connectivity index (χ2n) is 4.72. The Balaban J connectivity index is 2.38. The lowest BCUT2D eigenvalue weighted by Crippen LogP contribution is -2.36. The molecule has 2 aromatic carbocycles. The molecule has 1 atom stereocenters. The average Bonchev–Trinajstić information content (AvgIpc) is 2.44. The second kappa shape index (κ2) is 5.77. The molecule has 0 saturated heterocycles. The van der Waals surface area contributed by atoms with Crippen LogP contribution >= 0.6 is 11.6 Å². The molecule has 0 fully saturated rings. The minimum Gasteiger partial charge on any atom is -0.394 e. The molecular formula is C15H14ClF2NO. The molecule has 0 aliphatic carbocycles. The van der Waals surface area contributed by atoms with E-state index >= 15 is 0 Å². The van der Waals surface area contributed by atoms with Gasteiger partial charge in [0.15, 0.2) is 11.6 Å². The Kier molecular flexibility index (Phi) is 4.26. The molecule has 2 N–H and O–H groups in total. The van der Waals surface area contributed by atoms with Gasteiger partial charge < -0.3 is 10.4 Å². The van der Waals surface area contributed by atoms with Crippen LogP contribution in [0, 0.1) is 11.6 Å². The van der Waals surface area contributed by atoms with E-state index in [1.54, 1.807) is 31.2 Å². The third kappa shape index (κ3) is 2.92. The number of nitrogens with one attached hydrogen (secondary N) is 1. The molecule has 0 saturated carbocycles. The van der Waals surface area contributed by atoms with E-state index in [-0.39, 0.29) is 6.61 Å². The van der Waals surface area contributed by atoms with Crippen LogP contribution in [0.5, 0.6) is 0 Å². The average molecular weight is 298 g/mol. The summed E-state index contributed by atoms with van der Waals surface area (Å²) in [6.45, 7) is 1.38. The van der Waals surface area contributed by atoms with Crippen molar-refractivity contribution in [3.05, 3.63) is 64.7 Å². The first-order valence-corrected chi connectivity index (χ1v) is 6.43. The van der Waals surface area contributed by atoms with Crippen molar-refractivity contribution in [3.63, 3.8) is 0 Å². The second-order valence-corrected chi connectivity index (χ2v) is 5.13. The summed E-state index contributed by atoms with van der Waals surface area (Å²) in [6, 6.07) is 10.5. The first-order chi connectivity index (χ1) is 9.46. The SMILES string of the molecule is CC(CO)(Nc1ccccc1Cl)c1ccc(F)c(F)c1. The lowest BCUT2D eigenvalue weighted by atomic mass is 9.92. The molecule has 106 valence electrons. The van der Waals surface area contributed by atoms with Crippen LogP contribution in [-0.2, 0) is 5.54 Å². The molecule has 0 spiro atoms. The van der Waals surface area contributed by atoms with Gasteiger partial charge in [-0.1, -0.05) is 29.8 Å². The Morgan fingerprint density at radius 1 is 1.15 bits per heavy atom. The molecule has 20 heavy (non-hydrogen) atoms.